The molecular weight excluding hydrogens is 270 g/mol. The number of rotatable bonds is 3. The zero-order valence-corrected chi connectivity index (χ0v) is 10.7. The largest absolute Gasteiger partial charge is 0.502 e. The van der Waals surface area contributed by atoms with Crippen molar-refractivity contribution in [2.75, 3.05) is 7.11 Å². The van der Waals surface area contributed by atoms with Crippen LogP contribution in [0.4, 0.5) is 5.69 Å². The third kappa shape index (κ3) is 2.61. The summed E-state index contributed by atoms with van der Waals surface area (Å²) >= 11 is 5.92. The molecule has 2 rings (SSSR count). The van der Waals surface area contributed by atoms with Gasteiger partial charge in [0.25, 0.3) is 0 Å². The zero-order valence-electron chi connectivity index (χ0n) is 9.96. The Bertz CT molecular complexity index is 643. The first-order valence-electron chi connectivity index (χ1n) is 5.34. The summed E-state index contributed by atoms with van der Waals surface area (Å²) in [6.45, 7) is 0. The van der Waals surface area contributed by atoms with E-state index in [4.69, 9.17) is 16.3 Å². The molecule has 0 unspecified atom stereocenters. The summed E-state index contributed by atoms with van der Waals surface area (Å²) in [7, 11) is 1.50. The zero-order chi connectivity index (χ0) is 14.0. The molecule has 2 aromatic carbocycles. The maximum absolute atomic E-state index is 10.8. The molecule has 0 spiro atoms. The van der Waals surface area contributed by atoms with E-state index in [2.05, 4.69) is 0 Å². The van der Waals surface area contributed by atoms with Gasteiger partial charge in [0.05, 0.1) is 12.0 Å². The van der Waals surface area contributed by atoms with Crippen molar-refractivity contribution >= 4 is 17.3 Å². The number of benzene rings is 2. The van der Waals surface area contributed by atoms with Gasteiger partial charge in [-0.05, 0) is 29.8 Å². The fourth-order valence-electron chi connectivity index (χ4n) is 1.74. The van der Waals surface area contributed by atoms with E-state index in [1.165, 1.54) is 19.2 Å². The molecule has 0 aliphatic carbocycles. The lowest BCUT2D eigenvalue weighted by molar-refractivity contribution is -0.385. The topological polar surface area (TPSA) is 72.6 Å². The summed E-state index contributed by atoms with van der Waals surface area (Å²) in [5.74, 6) is 0.166. The average molecular weight is 280 g/mol. The summed E-state index contributed by atoms with van der Waals surface area (Å²) in [5.41, 5.74) is 0.807. The van der Waals surface area contributed by atoms with Crippen molar-refractivity contribution < 1.29 is 14.8 Å². The molecule has 19 heavy (non-hydrogen) atoms. The Morgan fingerprint density at radius 1 is 1.26 bits per heavy atom. The highest BCUT2D eigenvalue weighted by molar-refractivity contribution is 6.31. The van der Waals surface area contributed by atoms with Crippen molar-refractivity contribution in [2.24, 2.45) is 0 Å². The molecule has 98 valence electrons. The number of hydrogen-bond donors (Lipinski definition) is 1. The molecule has 0 amide bonds. The Kier molecular flexibility index (Phi) is 3.57. The van der Waals surface area contributed by atoms with Crippen molar-refractivity contribution in [1.29, 1.82) is 0 Å². The summed E-state index contributed by atoms with van der Waals surface area (Å²) in [6.07, 6.45) is 0. The minimum atomic E-state index is -0.643. The molecule has 0 atom stereocenters. The second kappa shape index (κ2) is 5.16. The third-order valence-electron chi connectivity index (χ3n) is 2.64. The van der Waals surface area contributed by atoms with Crippen LogP contribution in [-0.2, 0) is 0 Å². The van der Waals surface area contributed by atoms with Crippen molar-refractivity contribution in [3.05, 3.63) is 51.5 Å². The molecule has 0 saturated carbocycles. The second-order valence-corrected chi connectivity index (χ2v) is 4.24. The van der Waals surface area contributed by atoms with E-state index in [0.717, 1.165) is 0 Å². The van der Waals surface area contributed by atoms with E-state index in [0.29, 0.717) is 21.9 Å². The lowest BCUT2D eigenvalue weighted by Gasteiger charge is -2.09. The molecule has 0 saturated heterocycles. The molecule has 0 bridgehead atoms. The molecule has 0 heterocycles. The number of phenolic OH excluding ortho intramolecular Hbond substituents is 1. The van der Waals surface area contributed by atoms with E-state index < -0.39 is 4.92 Å². The van der Waals surface area contributed by atoms with Crippen LogP contribution in [0.25, 0.3) is 11.1 Å². The van der Waals surface area contributed by atoms with Gasteiger partial charge in [-0.25, -0.2) is 0 Å². The molecule has 2 aromatic rings. The molecular formula is C13H10ClNO4. The number of methoxy groups -OCH3 is 1. The molecule has 0 radical (unpaired) electrons. The van der Waals surface area contributed by atoms with E-state index in [-0.39, 0.29) is 11.4 Å². The van der Waals surface area contributed by atoms with Crippen molar-refractivity contribution in [3.8, 4) is 22.6 Å². The van der Waals surface area contributed by atoms with Gasteiger partial charge in [0.1, 0.15) is 5.75 Å². The smallest absolute Gasteiger partial charge is 0.311 e. The van der Waals surface area contributed by atoms with E-state index in [1.807, 2.05) is 0 Å². The molecule has 6 heteroatoms. The Balaban J connectivity index is 2.62. The van der Waals surface area contributed by atoms with Gasteiger partial charge < -0.3 is 9.84 Å². The minimum Gasteiger partial charge on any atom is -0.502 e. The van der Waals surface area contributed by atoms with Crippen LogP contribution in [0.1, 0.15) is 0 Å². The van der Waals surface area contributed by atoms with Gasteiger partial charge in [-0.2, -0.15) is 0 Å². The second-order valence-electron chi connectivity index (χ2n) is 3.81. The number of hydrogen-bond acceptors (Lipinski definition) is 4. The van der Waals surface area contributed by atoms with Crippen LogP contribution in [0.5, 0.6) is 11.5 Å². The molecule has 0 aromatic heterocycles. The maximum Gasteiger partial charge on any atom is 0.311 e. The maximum atomic E-state index is 10.8. The number of nitrogens with zero attached hydrogens (tertiary/aromatic N) is 1. The van der Waals surface area contributed by atoms with Crippen LogP contribution < -0.4 is 4.74 Å². The van der Waals surface area contributed by atoms with Crippen LogP contribution >= 0.6 is 11.6 Å². The highest BCUT2D eigenvalue weighted by Crippen LogP contribution is 2.36. The third-order valence-corrected chi connectivity index (χ3v) is 2.88. The highest BCUT2D eigenvalue weighted by atomic mass is 35.5. The molecule has 0 aliphatic heterocycles. The van der Waals surface area contributed by atoms with Gasteiger partial charge in [-0.1, -0.05) is 17.7 Å². The van der Waals surface area contributed by atoms with Crippen LogP contribution in [0.2, 0.25) is 5.02 Å². The van der Waals surface area contributed by atoms with Crippen molar-refractivity contribution in [1.82, 2.24) is 0 Å². The summed E-state index contributed by atoms with van der Waals surface area (Å²) in [5, 5.41) is 20.7. The van der Waals surface area contributed by atoms with Gasteiger partial charge in [0, 0.05) is 16.7 Å². The number of nitro benzene ring substituents is 1. The number of aromatic hydroxyl groups is 1. The lowest BCUT2D eigenvalue weighted by atomic mass is 10.0. The quantitative estimate of drug-likeness (QED) is 0.688. The first-order valence-corrected chi connectivity index (χ1v) is 5.72. The molecule has 0 fully saturated rings. The standard InChI is InChI=1S/C13H10ClNO4/c1-19-13-5-3-9(14)7-10(13)8-2-4-12(16)11(6-8)15(17)18/h2-7,16H,1H3. The molecule has 5 nitrogen and oxygen atoms in total. The lowest BCUT2D eigenvalue weighted by Crippen LogP contribution is -1.91. The fourth-order valence-corrected chi connectivity index (χ4v) is 1.92. The van der Waals surface area contributed by atoms with E-state index >= 15 is 0 Å². The summed E-state index contributed by atoms with van der Waals surface area (Å²) in [6, 6.07) is 9.11. The Labute approximate surface area is 114 Å². The summed E-state index contributed by atoms with van der Waals surface area (Å²) in [4.78, 5) is 10.2. The van der Waals surface area contributed by atoms with Gasteiger partial charge in [-0.3, -0.25) is 10.1 Å². The minimum absolute atomic E-state index is 0.362. The Morgan fingerprint density at radius 2 is 2.00 bits per heavy atom. The first kappa shape index (κ1) is 13.2. The number of ether oxygens (including phenoxy) is 1. The number of halogens is 1. The fraction of sp³-hybridized carbons (Fsp3) is 0.0769. The Morgan fingerprint density at radius 3 is 2.63 bits per heavy atom. The van der Waals surface area contributed by atoms with Crippen LogP contribution in [0.15, 0.2) is 36.4 Å². The predicted octanol–water partition coefficient (Wildman–Crippen LogP) is 3.63. The average Bonchev–Trinajstić information content (AvgIpc) is 2.39. The van der Waals surface area contributed by atoms with Gasteiger partial charge in [-0.15, -0.1) is 0 Å². The van der Waals surface area contributed by atoms with Crippen molar-refractivity contribution in [3.63, 3.8) is 0 Å². The van der Waals surface area contributed by atoms with Gasteiger partial charge in [0.2, 0.25) is 0 Å². The van der Waals surface area contributed by atoms with Crippen molar-refractivity contribution in [2.45, 2.75) is 0 Å². The molecule has 1 N–H and O–H groups in total. The predicted molar refractivity (Wildman–Crippen MR) is 71.8 cm³/mol. The first-order chi connectivity index (χ1) is 9.02. The van der Waals surface area contributed by atoms with Gasteiger partial charge in [0.15, 0.2) is 5.75 Å². The van der Waals surface area contributed by atoms with Crippen LogP contribution in [0, 0.1) is 10.1 Å². The van der Waals surface area contributed by atoms with Crippen LogP contribution in [0.3, 0.4) is 0 Å². The van der Waals surface area contributed by atoms with Gasteiger partial charge >= 0.3 is 5.69 Å². The monoisotopic (exact) mass is 279 g/mol. The van der Waals surface area contributed by atoms with E-state index in [9.17, 15) is 15.2 Å². The van der Waals surface area contributed by atoms with E-state index in [1.54, 1.807) is 24.3 Å². The molecule has 0 aliphatic rings. The van der Waals surface area contributed by atoms with Crippen LogP contribution in [-0.4, -0.2) is 17.1 Å². The normalized spacial score (nSPS) is 10.2. The highest BCUT2D eigenvalue weighted by Gasteiger charge is 2.16. The number of nitro groups is 1. The SMILES string of the molecule is COc1ccc(Cl)cc1-c1ccc(O)c([N+](=O)[O-])c1. The summed E-state index contributed by atoms with van der Waals surface area (Å²) < 4.78 is 5.19. The number of phenols is 1. The Hall–Kier alpha value is -2.27.